The molecule has 0 saturated heterocycles. The van der Waals surface area contributed by atoms with Crippen LogP contribution in [0.3, 0.4) is 0 Å². The van der Waals surface area contributed by atoms with Crippen LogP contribution in [0, 0.1) is 11.6 Å². The molecule has 0 saturated carbocycles. The lowest BCUT2D eigenvalue weighted by Crippen LogP contribution is -2.48. The Morgan fingerprint density at radius 1 is 1.08 bits per heavy atom. The molecule has 1 aromatic carbocycles. The first kappa shape index (κ1) is 25.8. The summed E-state index contributed by atoms with van der Waals surface area (Å²) in [5, 5.41) is 7.52. The summed E-state index contributed by atoms with van der Waals surface area (Å²) in [6, 6.07) is 3.15. The van der Waals surface area contributed by atoms with Crippen LogP contribution in [0.1, 0.15) is 37.6 Å². The van der Waals surface area contributed by atoms with Gasteiger partial charge in [0.15, 0.2) is 23.1 Å². The third kappa shape index (κ3) is 4.51. The number of rotatable bonds is 10. The highest BCUT2D eigenvalue weighted by molar-refractivity contribution is 6.05. The number of nitrogens with zero attached hydrogens (tertiary/aromatic N) is 2. The standard InChI is InChI=1S/C26H33F2N5O3/c1-6-29-9-10-30-8-7-16-11-17-20-15(13-31-24(17)32-16)14-33(25(34)26(20,2)3)23-21(27)18(35-4)12-19(36-5)22(23)28/h11-13,29-30H,6-10,14H2,1-5H3,(H,31,32). The van der Waals surface area contributed by atoms with Crippen LogP contribution in [0.15, 0.2) is 18.3 Å². The van der Waals surface area contributed by atoms with Crippen LogP contribution in [0.4, 0.5) is 14.5 Å². The summed E-state index contributed by atoms with van der Waals surface area (Å²) in [6.45, 7) is 9.10. The maximum Gasteiger partial charge on any atom is 0.237 e. The number of anilines is 1. The van der Waals surface area contributed by atoms with Crippen molar-refractivity contribution in [1.29, 1.82) is 0 Å². The number of amides is 1. The number of H-pyrrole nitrogens is 1. The minimum atomic E-state index is -1.06. The monoisotopic (exact) mass is 501 g/mol. The molecule has 1 aliphatic heterocycles. The minimum Gasteiger partial charge on any atom is -0.493 e. The average molecular weight is 502 g/mol. The van der Waals surface area contributed by atoms with Crippen molar-refractivity contribution in [2.75, 3.05) is 45.3 Å². The largest absolute Gasteiger partial charge is 0.493 e. The molecule has 4 rings (SSSR count). The summed E-state index contributed by atoms with van der Waals surface area (Å²) < 4.78 is 40.7. The van der Waals surface area contributed by atoms with Gasteiger partial charge in [0.1, 0.15) is 11.3 Å². The number of aromatic amines is 1. The lowest BCUT2D eigenvalue weighted by molar-refractivity contribution is -0.123. The van der Waals surface area contributed by atoms with Gasteiger partial charge < -0.3 is 30.0 Å². The Morgan fingerprint density at radius 3 is 2.39 bits per heavy atom. The molecule has 0 unspecified atom stereocenters. The fraction of sp³-hybridized carbons (Fsp3) is 0.462. The molecule has 1 amide bonds. The normalized spacial score (nSPS) is 14.9. The summed E-state index contributed by atoms with van der Waals surface area (Å²) in [4.78, 5) is 22.7. The van der Waals surface area contributed by atoms with Gasteiger partial charge >= 0.3 is 0 Å². The SMILES string of the molecule is CCNCCNCCc1cc2c3c(cnc2[nH]1)CN(c1c(F)c(OC)cc(OC)c1F)C(=O)C3(C)C. The predicted octanol–water partition coefficient (Wildman–Crippen LogP) is 3.42. The quantitative estimate of drug-likeness (QED) is 0.369. The van der Waals surface area contributed by atoms with E-state index < -0.39 is 28.6 Å². The van der Waals surface area contributed by atoms with Crippen molar-refractivity contribution in [1.82, 2.24) is 20.6 Å². The molecule has 3 heterocycles. The second kappa shape index (κ2) is 10.4. The van der Waals surface area contributed by atoms with Crippen molar-refractivity contribution in [2.24, 2.45) is 0 Å². The van der Waals surface area contributed by atoms with Crippen LogP contribution in [0.2, 0.25) is 0 Å². The lowest BCUT2D eigenvalue weighted by atomic mass is 9.76. The first-order valence-corrected chi connectivity index (χ1v) is 12.1. The van der Waals surface area contributed by atoms with Crippen LogP contribution < -0.4 is 25.0 Å². The highest BCUT2D eigenvalue weighted by atomic mass is 19.1. The number of halogens is 2. The van der Waals surface area contributed by atoms with Gasteiger partial charge in [0.2, 0.25) is 5.91 Å². The Balaban J connectivity index is 1.69. The Hall–Kier alpha value is -3.24. The number of hydrogen-bond acceptors (Lipinski definition) is 6. The van der Waals surface area contributed by atoms with Crippen LogP contribution >= 0.6 is 0 Å². The second-order valence-corrected chi connectivity index (χ2v) is 9.34. The molecule has 3 N–H and O–H groups in total. The predicted molar refractivity (Wildman–Crippen MR) is 135 cm³/mol. The number of fused-ring (bicyclic) bond motifs is 3. The Kier molecular flexibility index (Phi) is 7.46. The number of methoxy groups -OCH3 is 2. The van der Waals surface area contributed by atoms with Gasteiger partial charge in [0.05, 0.1) is 26.2 Å². The van der Waals surface area contributed by atoms with Crippen molar-refractivity contribution >= 4 is 22.6 Å². The molecule has 0 radical (unpaired) electrons. The Bertz CT molecular complexity index is 1250. The zero-order valence-electron chi connectivity index (χ0n) is 21.3. The van der Waals surface area contributed by atoms with Gasteiger partial charge in [-0.15, -0.1) is 0 Å². The van der Waals surface area contributed by atoms with E-state index in [1.54, 1.807) is 20.0 Å². The van der Waals surface area contributed by atoms with Gasteiger partial charge in [-0.2, -0.15) is 0 Å². The Morgan fingerprint density at radius 2 is 1.75 bits per heavy atom. The number of pyridine rings is 1. The summed E-state index contributed by atoms with van der Waals surface area (Å²) in [5.74, 6) is -2.75. The fourth-order valence-corrected chi connectivity index (χ4v) is 4.84. The van der Waals surface area contributed by atoms with E-state index in [0.717, 1.165) is 65.8 Å². The topological polar surface area (TPSA) is 91.5 Å². The molecule has 2 aromatic heterocycles. The van der Waals surface area contributed by atoms with E-state index in [4.69, 9.17) is 9.47 Å². The van der Waals surface area contributed by atoms with E-state index in [1.807, 2.05) is 6.07 Å². The summed E-state index contributed by atoms with van der Waals surface area (Å²) in [5.41, 5.74) is 1.67. The first-order chi connectivity index (χ1) is 17.2. The number of likely N-dealkylation sites (N-methyl/N-ethyl adjacent to an activating group) is 1. The number of ether oxygens (including phenoxy) is 2. The van der Waals surface area contributed by atoms with Crippen LogP contribution in [0.5, 0.6) is 11.5 Å². The van der Waals surface area contributed by atoms with Crippen molar-refractivity contribution in [3.8, 4) is 11.5 Å². The zero-order chi connectivity index (χ0) is 26.0. The van der Waals surface area contributed by atoms with E-state index in [9.17, 15) is 4.79 Å². The number of carbonyl (C=O) groups is 1. The molecular formula is C26H33F2N5O3. The molecular weight excluding hydrogens is 468 g/mol. The molecule has 194 valence electrons. The number of nitrogens with one attached hydrogen (secondary N) is 3. The van der Waals surface area contributed by atoms with E-state index in [2.05, 4.69) is 27.5 Å². The highest BCUT2D eigenvalue weighted by Gasteiger charge is 2.44. The van der Waals surface area contributed by atoms with Gasteiger partial charge in [-0.3, -0.25) is 4.79 Å². The third-order valence-corrected chi connectivity index (χ3v) is 6.65. The number of carbonyl (C=O) groups excluding carboxylic acids is 1. The molecule has 0 fully saturated rings. The minimum absolute atomic E-state index is 0.0306. The highest BCUT2D eigenvalue weighted by Crippen LogP contribution is 2.44. The molecule has 36 heavy (non-hydrogen) atoms. The van der Waals surface area contributed by atoms with E-state index in [1.165, 1.54) is 14.2 Å². The van der Waals surface area contributed by atoms with Crippen LogP contribution in [0.25, 0.3) is 11.0 Å². The van der Waals surface area contributed by atoms with Crippen LogP contribution in [-0.4, -0.2) is 56.3 Å². The third-order valence-electron chi connectivity index (χ3n) is 6.65. The molecule has 0 bridgehead atoms. The Labute approximate surface area is 209 Å². The smallest absolute Gasteiger partial charge is 0.237 e. The summed E-state index contributed by atoms with van der Waals surface area (Å²) in [6.07, 6.45) is 2.44. The van der Waals surface area contributed by atoms with Gasteiger partial charge in [-0.05, 0) is 37.6 Å². The first-order valence-electron chi connectivity index (χ1n) is 12.1. The molecule has 1 aliphatic rings. The average Bonchev–Trinajstić information content (AvgIpc) is 3.27. The van der Waals surface area contributed by atoms with E-state index in [0.29, 0.717) is 5.65 Å². The molecule has 3 aromatic rings. The molecule has 0 spiro atoms. The molecule has 0 atom stereocenters. The molecule has 0 aliphatic carbocycles. The number of benzene rings is 1. The van der Waals surface area contributed by atoms with Crippen molar-refractivity contribution < 1.29 is 23.0 Å². The summed E-state index contributed by atoms with van der Waals surface area (Å²) >= 11 is 0. The van der Waals surface area contributed by atoms with E-state index >= 15 is 8.78 Å². The van der Waals surface area contributed by atoms with Crippen molar-refractivity contribution in [3.63, 3.8) is 0 Å². The van der Waals surface area contributed by atoms with Crippen molar-refractivity contribution in [2.45, 2.75) is 39.2 Å². The molecule has 10 heteroatoms. The summed E-state index contributed by atoms with van der Waals surface area (Å²) in [7, 11) is 2.55. The van der Waals surface area contributed by atoms with Gasteiger partial charge in [0, 0.05) is 49.4 Å². The van der Waals surface area contributed by atoms with Gasteiger partial charge in [0.25, 0.3) is 0 Å². The number of aromatic nitrogens is 2. The fourth-order valence-electron chi connectivity index (χ4n) is 4.84. The number of hydrogen-bond donors (Lipinski definition) is 3. The van der Waals surface area contributed by atoms with Gasteiger partial charge in [-0.25, -0.2) is 13.8 Å². The van der Waals surface area contributed by atoms with Crippen LogP contribution in [-0.2, 0) is 23.2 Å². The maximum atomic E-state index is 15.3. The molecule has 8 nitrogen and oxygen atoms in total. The zero-order valence-corrected chi connectivity index (χ0v) is 21.3. The second-order valence-electron chi connectivity index (χ2n) is 9.34. The lowest BCUT2D eigenvalue weighted by Gasteiger charge is -2.39. The van der Waals surface area contributed by atoms with Gasteiger partial charge in [-0.1, -0.05) is 6.92 Å². The maximum absolute atomic E-state index is 15.3. The van der Waals surface area contributed by atoms with Crippen molar-refractivity contribution in [3.05, 3.63) is 46.8 Å². The van der Waals surface area contributed by atoms with E-state index in [-0.39, 0.29) is 18.0 Å².